The highest BCUT2D eigenvalue weighted by atomic mass is 35.5. The second kappa shape index (κ2) is 10.2. The number of carbonyl (C=O) groups is 2. The number of aliphatic carboxylic acids is 1. The molecule has 1 unspecified atom stereocenters. The van der Waals surface area contributed by atoms with Crippen molar-refractivity contribution in [2.45, 2.75) is 51.1 Å². The number of halogens is 2. The highest BCUT2D eigenvalue weighted by molar-refractivity contribution is 6.30. The van der Waals surface area contributed by atoms with E-state index in [4.69, 9.17) is 27.9 Å². The van der Waals surface area contributed by atoms with Crippen molar-refractivity contribution < 1.29 is 19.4 Å². The van der Waals surface area contributed by atoms with Crippen molar-refractivity contribution in [1.82, 2.24) is 4.90 Å². The molecule has 1 amide bonds. The number of amides is 1. The van der Waals surface area contributed by atoms with E-state index >= 15 is 0 Å². The Morgan fingerprint density at radius 3 is 2.44 bits per heavy atom. The topological polar surface area (TPSA) is 66.8 Å². The molecule has 3 rings (SSSR count). The fraction of sp³-hybridized carbons (Fsp3) is 0.440. The Labute approximate surface area is 199 Å². The van der Waals surface area contributed by atoms with Crippen LogP contribution in [-0.2, 0) is 14.3 Å². The summed E-state index contributed by atoms with van der Waals surface area (Å²) in [5, 5.41) is 10.8. The number of piperidine rings is 1. The summed E-state index contributed by atoms with van der Waals surface area (Å²) in [5.41, 5.74) is 0.863. The molecule has 1 saturated heterocycles. The number of carbonyl (C=O) groups excluding carboxylic acids is 1. The first-order valence-corrected chi connectivity index (χ1v) is 11.5. The van der Waals surface area contributed by atoms with Crippen LogP contribution in [0.1, 0.15) is 56.2 Å². The number of nitrogens with zero attached hydrogens (tertiary/aromatic N) is 1. The quantitative estimate of drug-likeness (QED) is 0.509. The van der Waals surface area contributed by atoms with Crippen molar-refractivity contribution in [3.8, 4) is 0 Å². The minimum absolute atomic E-state index is 0.150. The highest BCUT2D eigenvalue weighted by Crippen LogP contribution is 2.52. The third-order valence-corrected chi connectivity index (χ3v) is 6.84. The van der Waals surface area contributed by atoms with Crippen molar-refractivity contribution in [1.29, 1.82) is 0 Å². The normalized spacial score (nSPS) is 24.4. The summed E-state index contributed by atoms with van der Waals surface area (Å²) in [5.74, 6) is -1.31. The number of carboxylic acid groups (broad SMARTS) is 1. The Kier molecular flexibility index (Phi) is 7.86. The van der Waals surface area contributed by atoms with Gasteiger partial charge >= 0.3 is 5.97 Å². The van der Waals surface area contributed by atoms with Gasteiger partial charge in [-0.15, -0.1) is 0 Å². The maximum absolute atomic E-state index is 13.9. The van der Waals surface area contributed by atoms with E-state index in [1.54, 1.807) is 14.0 Å². The molecule has 0 bridgehead atoms. The van der Waals surface area contributed by atoms with Gasteiger partial charge < -0.3 is 14.7 Å². The van der Waals surface area contributed by atoms with Gasteiger partial charge in [0, 0.05) is 23.1 Å². The molecule has 1 heterocycles. The number of methoxy groups -OCH3 is 1. The predicted molar refractivity (Wildman–Crippen MR) is 126 cm³/mol. The van der Waals surface area contributed by atoms with Gasteiger partial charge in [-0.25, -0.2) is 0 Å². The monoisotopic (exact) mass is 477 g/mol. The van der Waals surface area contributed by atoms with Crippen molar-refractivity contribution >= 4 is 35.1 Å². The number of hydrogen-bond acceptors (Lipinski definition) is 3. The molecule has 0 aromatic heterocycles. The smallest absolute Gasteiger partial charge is 0.304 e. The van der Waals surface area contributed by atoms with Gasteiger partial charge in [0.25, 0.3) is 0 Å². The van der Waals surface area contributed by atoms with Gasteiger partial charge in [0.1, 0.15) is 0 Å². The largest absolute Gasteiger partial charge is 0.481 e. The standard InChI is InChI=1S/C25H29Cl2NO4/c1-4-20(15-32-3)28-23(16-8-10-18(26)11-9-16)21(17-6-5-7-19(27)12-17)13-25(2,24(28)31)14-22(29)30/h5-12,20-21,23H,4,13-15H2,1-3H3,(H,29,30)/t20?,21-,23-,25-/m1/s1. The lowest BCUT2D eigenvalue weighted by Gasteiger charge is -2.51. The molecule has 1 N–H and O–H groups in total. The zero-order valence-corrected chi connectivity index (χ0v) is 20.1. The summed E-state index contributed by atoms with van der Waals surface area (Å²) in [6, 6.07) is 14.6. The van der Waals surface area contributed by atoms with Crippen LogP contribution in [0.15, 0.2) is 48.5 Å². The van der Waals surface area contributed by atoms with Gasteiger partial charge in [-0.2, -0.15) is 0 Å². The van der Waals surface area contributed by atoms with Crippen molar-refractivity contribution in [2.75, 3.05) is 13.7 Å². The zero-order chi connectivity index (χ0) is 23.5. The minimum Gasteiger partial charge on any atom is -0.481 e. The third-order valence-electron chi connectivity index (χ3n) is 6.36. The first-order valence-electron chi connectivity index (χ1n) is 10.7. The average molecular weight is 478 g/mol. The van der Waals surface area contributed by atoms with E-state index in [0.29, 0.717) is 29.5 Å². The van der Waals surface area contributed by atoms with Gasteiger partial charge in [-0.05, 0) is 48.2 Å². The number of rotatable bonds is 8. The summed E-state index contributed by atoms with van der Waals surface area (Å²) in [7, 11) is 1.61. The molecule has 1 fully saturated rings. The van der Waals surface area contributed by atoms with Crippen LogP contribution in [0.4, 0.5) is 0 Å². The number of hydrogen-bond donors (Lipinski definition) is 1. The van der Waals surface area contributed by atoms with Gasteiger partial charge in [0.2, 0.25) is 5.91 Å². The molecule has 5 nitrogen and oxygen atoms in total. The summed E-state index contributed by atoms with van der Waals surface area (Å²) in [6.07, 6.45) is 0.830. The molecule has 0 spiro atoms. The lowest BCUT2D eigenvalue weighted by atomic mass is 9.67. The number of likely N-dealkylation sites (tertiary alicyclic amines) is 1. The van der Waals surface area contributed by atoms with Crippen molar-refractivity contribution in [2.24, 2.45) is 5.41 Å². The molecule has 0 aliphatic carbocycles. The molecule has 1 aliphatic heterocycles. The lowest BCUT2D eigenvalue weighted by Crippen LogP contribution is -2.57. The minimum atomic E-state index is -1.05. The Hall–Kier alpha value is -2.08. The number of carboxylic acids is 1. The summed E-state index contributed by atoms with van der Waals surface area (Å²) in [6.45, 7) is 4.12. The molecule has 2 aromatic carbocycles. The molecule has 172 valence electrons. The predicted octanol–water partition coefficient (Wildman–Crippen LogP) is 5.96. The fourth-order valence-electron chi connectivity index (χ4n) is 4.87. The Bertz CT molecular complexity index is 965. The SMILES string of the molecule is CCC(COC)N1C(=O)[C@@](C)(CC(=O)O)C[C@H](c2cccc(Cl)c2)[C@H]1c1ccc(Cl)cc1. The van der Waals surface area contributed by atoms with Crippen LogP contribution >= 0.6 is 23.2 Å². The molecule has 0 radical (unpaired) electrons. The van der Waals surface area contributed by atoms with Crippen LogP contribution in [0, 0.1) is 5.41 Å². The summed E-state index contributed by atoms with van der Waals surface area (Å²) < 4.78 is 5.46. The zero-order valence-electron chi connectivity index (χ0n) is 18.6. The second-order valence-corrected chi connectivity index (χ2v) is 9.60. The first kappa shape index (κ1) is 24.6. The number of ether oxygens (including phenoxy) is 1. The van der Waals surface area contributed by atoms with Crippen LogP contribution in [0.3, 0.4) is 0 Å². The molecule has 2 aromatic rings. The molecule has 4 atom stereocenters. The van der Waals surface area contributed by atoms with Gasteiger partial charge in [0.05, 0.1) is 30.5 Å². The number of benzene rings is 2. The maximum atomic E-state index is 13.9. The van der Waals surface area contributed by atoms with E-state index in [1.807, 2.05) is 60.4 Å². The van der Waals surface area contributed by atoms with E-state index in [1.165, 1.54) is 0 Å². The van der Waals surface area contributed by atoms with Crippen LogP contribution < -0.4 is 0 Å². The van der Waals surface area contributed by atoms with E-state index in [-0.39, 0.29) is 30.3 Å². The van der Waals surface area contributed by atoms with E-state index < -0.39 is 11.4 Å². The van der Waals surface area contributed by atoms with E-state index in [2.05, 4.69) is 0 Å². The molecule has 7 heteroatoms. The molecule has 32 heavy (non-hydrogen) atoms. The molecular weight excluding hydrogens is 449 g/mol. The second-order valence-electron chi connectivity index (χ2n) is 8.72. The van der Waals surface area contributed by atoms with Crippen molar-refractivity contribution in [3.63, 3.8) is 0 Å². The lowest BCUT2D eigenvalue weighted by molar-refractivity contribution is -0.162. The van der Waals surface area contributed by atoms with Gasteiger partial charge in [-0.3, -0.25) is 9.59 Å². The Morgan fingerprint density at radius 1 is 1.19 bits per heavy atom. The highest BCUT2D eigenvalue weighted by Gasteiger charge is 2.52. The van der Waals surface area contributed by atoms with Crippen LogP contribution in [0.2, 0.25) is 10.0 Å². The van der Waals surface area contributed by atoms with Crippen LogP contribution in [-0.4, -0.2) is 41.6 Å². The first-order chi connectivity index (χ1) is 15.2. The van der Waals surface area contributed by atoms with E-state index in [9.17, 15) is 14.7 Å². The fourth-order valence-corrected chi connectivity index (χ4v) is 5.19. The molecule has 1 aliphatic rings. The van der Waals surface area contributed by atoms with Crippen molar-refractivity contribution in [3.05, 3.63) is 69.7 Å². The van der Waals surface area contributed by atoms with E-state index in [0.717, 1.165) is 11.1 Å². The molecular formula is C25H29Cl2NO4. The van der Waals surface area contributed by atoms with Crippen LogP contribution in [0.5, 0.6) is 0 Å². The molecule has 0 saturated carbocycles. The Balaban J connectivity index is 2.22. The third kappa shape index (κ3) is 5.11. The van der Waals surface area contributed by atoms with Gasteiger partial charge in [0.15, 0.2) is 0 Å². The summed E-state index contributed by atoms with van der Waals surface area (Å²) in [4.78, 5) is 27.5. The maximum Gasteiger partial charge on any atom is 0.304 e. The van der Waals surface area contributed by atoms with Gasteiger partial charge in [-0.1, -0.05) is 61.3 Å². The average Bonchev–Trinajstić information content (AvgIpc) is 2.74. The summed E-state index contributed by atoms with van der Waals surface area (Å²) >= 11 is 12.5. The van der Waals surface area contributed by atoms with Crippen LogP contribution in [0.25, 0.3) is 0 Å². The Morgan fingerprint density at radius 2 is 1.88 bits per heavy atom.